The molecule has 6 heteroatoms. The predicted octanol–water partition coefficient (Wildman–Crippen LogP) is 0.958. The van der Waals surface area contributed by atoms with Gasteiger partial charge in [-0.1, -0.05) is 6.92 Å². The highest BCUT2D eigenvalue weighted by Gasteiger charge is 2.04. The summed E-state index contributed by atoms with van der Waals surface area (Å²) in [6.45, 7) is 5.23. The third kappa shape index (κ3) is 13.3. The molecule has 0 aliphatic heterocycles. The van der Waals surface area contributed by atoms with Crippen LogP contribution in [0.5, 0.6) is 0 Å². The second-order valence-corrected chi connectivity index (χ2v) is 4.32. The molecule has 0 spiro atoms. The number of nitrogens with one attached hydrogen (secondary N) is 2. The second kappa shape index (κ2) is 12.6. The first kappa shape index (κ1) is 19.5. The van der Waals surface area contributed by atoms with Crippen LogP contribution >= 0.6 is 12.4 Å². The number of carbonyl (C=O) groups excluding carboxylic acids is 2. The molecular formula is C12H26ClN3O2. The summed E-state index contributed by atoms with van der Waals surface area (Å²) in [5.41, 5.74) is 5.56. The van der Waals surface area contributed by atoms with Crippen molar-refractivity contribution in [3.63, 3.8) is 0 Å². The minimum Gasteiger partial charge on any atom is -0.356 e. The average Bonchev–Trinajstić information content (AvgIpc) is 2.25. The summed E-state index contributed by atoms with van der Waals surface area (Å²) < 4.78 is 0. The van der Waals surface area contributed by atoms with E-state index in [0.717, 1.165) is 12.8 Å². The summed E-state index contributed by atoms with van der Waals surface area (Å²) in [4.78, 5) is 22.6. The predicted molar refractivity (Wildman–Crippen MR) is 75.7 cm³/mol. The van der Waals surface area contributed by atoms with Crippen LogP contribution in [0.1, 0.15) is 46.0 Å². The molecular weight excluding hydrogens is 254 g/mol. The van der Waals surface area contributed by atoms with Gasteiger partial charge in [-0.05, 0) is 26.2 Å². The van der Waals surface area contributed by atoms with Crippen molar-refractivity contribution in [2.75, 3.05) is 13.1 Å². The lowest BCUT2D eigenvalue weighted by Crippen LogP contribution is -2.29. The zero-order chi connectivity index (χ0) is 13.1. The molecule has 0 radical (unpaired) electrons. The van der Waals surface area contributed by atoms with Crippen molar-refractivity contribution >= 4 is 24.2 Å². The van der Waals surface area contributed by atoms with E-state index in [9.17, 15) is 9.59 Å². The number of halogens is 1. The van der Waals surface area contributed by atoms with Gasteiger partial charge in [-0.25, -0.2) is 0 Å². The van der Waals surface area contributed by atoms with Crippen LogP contribution in [0.4, 0.5) is 0 Å². The third-order valence-electron chi connectivity index (χ3n) is 2.30. The lowest BCUT2D eigenvalue weighted by Gasteiger charge is -2.07. The maximum atomic E-state index is 11.3. The van der Waals surface area contributed by atoms with Gasteiger partial charge in [0.15, 0.2) is 0 Å². The Morgan fingerprint density at radius 2 is 1.61 bits per heavy atom. The van der Waals surface area contributed by atoms with Gasteiger partial charge in [0.1, 0.15) is 0 Å². The lowest BCUT2D eigenvalue weighted by molar-refractivity contribution is -0.122. The van der Waals surface area contributed by atoms with Crippen LogP contribution in [-0.4, -0.2) is 30.9 Å². The Hall–Kier alpha value is -0.810. The van der Waals surface area contributed by atoms with E-state index < -0.39 is 0 Å². The van der Waals surface area contributed by atoms with Gasteiger partial charge in [0, 0.05) is 32.0 Å². The van der Waals surface area contributed by atoms with Crippen molar-refractivity contribution in [3.8, 4) is 0 Å². The Bertz CT molecular complexity index is 235. The fourth-order valence-electron chi connectivity index (χ4n) is 1.29. The zero-order valence-corrected chi connectivity index (χ0v) is 12.1. The van der Waals surface area contributed by atoms with Crippen LogP contribution in [0.25, 0.3) is 0 Å². The van der Waals surface area contributed by atoms with Crippen molar-refractivity contribution in [1.82, 2.24) is 10.6 Å². The van der Waals surface area contributed by atoms with Gasteiger partial charge in [-0.15, -0.1) is 12.4 Å². The fraction of sp³-hybridized carbons (Fsp3) is 0.833. The normalized spacial score (nSPS) is 11.3. The van der Waals surface area contributed by atoms with Gasteiger partial charge in [-0.2, -0.15) is 0 Å². The van der Waals surface area contributed by atoms with Crippen molar-refractivity contribution in [2.45, 2.75) is 52.0 Å². The lowest BCUT2D eigenvalue weighted by atomic mass is 10.2. The molecule has 0 rings (SSSR count). The standard InChI is InChI=1S/C12H25N3O2.ClH/c1-3-8-14-11(16)5-4-6-12(17)15-9-7-10(2)13;/h10H,3-9,13H2,1-2H3,(H,14,16)(H,15,17);1H. The SMILES string of the molecule is CCCNC(=O)CCCC(=O)NCCC(C)N.Cl. The highest BCUT2D eigenvalue weighted by atomic mass is 35.5. The first-order chi connectivity index (χ1) is 8.06. The van der Waals surface area contributed by atoms with Crippen LogP contribution in [0.3, 0.4) is 0 Å². The molecule has 0 fully saturated rings. The molecule has 0 saturated carbocycles. The highest BCUT2D eigenvalue weighted by Crippen LogP contribution is 1.95. The van der Waals surface area contributed by atoms with Gasteiger partial charge in [-0.3, -0.25) is 9.59 Å². The number of amides is 2. The molecule has 4 N–H and O–H groups in total. The summed E-state index contributed by atoms with van der Waals surface area (Å²) in [6, 6.07) is 0.107. The fourth-order valence-corrected chi connectivity index (χ4v) is 1.29. The smallest absolute Gasteiger partial charge is 0.220 e. The largest absolute Gasteiger partial charge is 0.356 e. The van der Waals surface area contributed by atoms with Crippen molar-refractivity contribution in [2.24, 2.45) is 5.73 Å². The van der Waals surface area contributed by atoms with Crippen LogP contribution in [0, 0.1) is 0 Å². The van der Waals surface area contributed by atoms with Crippen molar-refractivity contribution in [1.29, 1.82) is 0 Å². The van der Waals surface area contributed by atoms with E-state index in [-0.39, 0.29) is 30.3 Å². The summed E-state index contributed by atoms with van der Waals surface area (Å²) in [5.74, 6) is 0.0178. The molecule has 0 aromatic carbocycles. The number of carbonyl (C=O) groups is 2. The Morgan fingerprint density at radius 1 is 1.11 bits per heavy atom. The number of nitrogens with two attached hydrogens (primary N) is 1. The molecule has 0 aliphatic rings. The van der Waals surface area contributed by atoms with Crippen LogP contribution in [-0.2, 0) is 9.59 Å². The summed E-state index contributed by atoms with van der Waals surface area (Å²) >= 11 is 0. The van der Waals surface area contributed by atoms with Crippen LogP contribution in [0.2, 0.25) is 0 Å². The van der Waals surface area contributed by atoms with E-state index in [4.69, 9.17) is 5.73 Å². The summed E-state index contributed by atoms with van der Waals surface area (Å²) in [6.07, 6.45) is 3.13. The van der Waals surface area contributed by atoms with E-state index in [1.807, 2.05) is 13.8 Å². The Labute approximate surface area is 116 Å². The van der Waals surface area contributed by atoms with Gasteiger partial charge < -0.3 is 16.4 Å². The molecule has 1 unspecified atom stereocenters. The van der Waals surface area contributed by atoms with Gasteiger partial charge in [0.2, 0.25) is 11.8 Å². The molecule has 1 atom stereocenters. The molecule has 0 aromatic heterocycles. The van der Waals surface area contributed by atoms with E-state index in [1.54, 1.807) is 0 Å². The third-order valence-corrected chi connectivity index (χ3v) is 2.30. The molecule has 0 bridgehead atoms. The number of rotatable bonds is 9. The first-order valence-corrected chi connectivity index (χ1v) is 6.35. The minimum atomic E-state index is -0.00561. The molecule has 108 valence electrons. The molecule has 18 heavy (non-hydrogen) atoms. The van der Waals surface area contributed by atoms with Crippen LogP contribution in [0.15, 0.2) is 0 Å². The maximum absolute atomic E-state index is 11.3. The van der Waals surface area contributed by atoms with Gasteiger partial charge in [0.25, 0.3) is 0 Å². The van der Waals surface area contributed by atoms with E-state index >= 15 is 0 Å². The Balaban J connectivity index is 0. The molecule has 5 nitrogen and oxygen atoms in total. The van der Waals surface area contributed by atoms with Crippen molar-refractivity contribution < 1.29 is 9.59 Å². The van der Waals surface area contributed by atoms with E-state index in [1.165, 1.54) is 0 Å². The maximum Gasteiger partial charge on any atom is 0.220 e. The molecule has 0 aromatic rings. The van der Waals surface area contributed by atoms with Crippen molar-refractivity contribution in [3.05, 3.63) is 0 Å². The summed E-state index contributed by atoms with van der Waals surface area (Å²) in [5, 5.41) is 5.56. The second-order valence-electron chi connectivity index (χ2n) is 4.32. The quantitative estimate of drug-likeness (QED) is 0.588. The Kier molecular flexibility index (Phi) is 13.7. The topological polar surface area (TPSA) is 84.2 Å². The number of hydrogen-bond donors (Lipinski definition) is 3. The molecule has 0 saturated heterocycles. The van der Waals surface area contributed by atoms with Crippen LogP contribution < -0.4 is 16.4 Å². The first-order valence-electron chi connectivity index (χ1n) is 6.35. The number of hydrogen-bond acceptors (Lipinski definition) is 3. The van der Waals surface area contributed by atoms with Gasteiger partial charge >= 0.3 is 0 Å². The molecule has 0 heterocycles. The zero-order valence-electron chi connectivity index (χ0n) is 11.3. The molecule has 2 amide bonds. The summed E-state index contributed by atoms with van der Waals surface area (Å²) in [7, 11) is 0. The Morgan fingerprint density at radius 3 is 2.06 bits per heavy atom. The van der Waals surface area contributed by atoms with E-state index in [2.05, 4.69) is 10.6 Å². The highest BCUT2D eigenvalue weighted by molar-refractivity contribution is 5.85. The molecule has 0 aliphatic carbocycles. The average molecular weight is 280 g/mol. The minimum absolute atomic E-state index is 0. The monoisotopic (exact) mass is 279 g/mol. The van der Waals surface area contributed by atoms with Gasteiger partial charge in [0.05, 0.1) is 0 Å². The van der Waals surface area contributed by atoms with E-state index in [0.29, 0.717) is 32.4 Å².